The minimum atomic E-state index is -0.509. The van der Waals surface area contributed by atoms with Gasteiger partial charge in [-0.1, -0.05) is 170 Å². The van der Waals surface area contributed by atoms with Crippen LogP contribution in [0.1, 0.15) is 22.3 Å². The molecule has 0 amide bonds. The summed E-state index contributed by atoms with van der Waals surface area (Å²) in [5, 5.41) is 4.85. The Balaban J connectivity index is 0.950. The van der Waals surface area contributed by atoms with E-state index in [0.717, 1.165) is 50.1 Å². The topological polar surface area (TPSA) is 21.3 Å². The summed E-state index contributed by atoms with van der Waals surface area (Å²) in [6.07, 6.45) is 0. The fourth-order valence-corrected chi connectivity index (χ4v) is 11.5. The van der Waals surface area contributed by atoms with Gasteiger partial charge in [-0.05, 0) is 116 Å². The quantitative estimate of drug-likeness (QED) is 0.173. The lowest BCUT2D eigenvalue weighted by atomic mass is 9.65. The van der Waals surface area contributed by atoms with Crippen molar-refractivity contribution in [3.63, 3.8) is 0 Å². The van der Waals surface area contributed by atoms with E-state index in [2.05, 4.69) is 228 Å². The molecule has 0 saturated heterocycles. The molecule has 0 saturated carbocycles. The van der Waals surface area contributed by atoms with Gasteiger partial charge in [0.05, 0.1) is 22.1 Å². The maximum atomic E-state index is 6.26. The van der Waals surface area contributed by atoms with Gasteiger partial charge in [0.2, 0.25) is 0 Å². The first-order chi connectivity index (χ1) is 31.8. The van der Waals surface area contributed by atoms with Gasteiger partial charge in [-0.2, -0.15) is 0 Å². The Kier molecular flexibility index (Phi) is 7.32. The Morgan fingerprint density at radius 3 is 1.89 bits per heavy atom. The van der Waals surface area contributed by atoms with Gasteiger partial charge in [0.25, 0.3) is 0 Å². The highest BCUT2D eigenvalue weighted by atomic mass is 16.3. The fraction of sp³-hybridized carbons (Fsp3) is 0.0164. The monoisotopic (exact) mass is 814 g/mol. The Bertz CT molecular complexity index is 3860. The number of nitrogens with zero attached hydrogens (tertiary/aromatic N) is 2. The zero-order chi connectivity index (χ0) is 41.9. The molecule has 10 aromatic carbocycles. The Morgan fingerprint density at radius 1 is 0.375 bits per heavy atom. The molecule has 3 heteroatoms. The molecule has 1 spiro atoms. The van der Waals surface area contributed by atoms with Crippen molar-refractivity contribution in [2.45, 2.75) is 5.41 Å². The first-order valence-electron chi connectivity index (χ1n) is 22.1. The molecular weight excluding hydrogens is 777 g/mol. The van der Waals surface area contributed by atoms with E-state index in [1.54, 1.807) is 0 Å². The molecule has 298 valence electrons. The molecular formula is C61H38N2O. The lowest BCUT2D eigenvalue weighted by Gasteiger charge is -2.39. The van der Waals surface area contributed by atoms with E-state index in [1.165, 1.54) is 72.0 Å². The standard InChI is InChI=1S/C61H38N2O/c1-2-17-41(18-3-1)62(42-36-34-39(35-37-42)44-24-15-33-57-59(44)49-22-6-11-32-56(49)64-57)43-19-12-16-40(38-43)45-23-13-28-52-58(45)48-21-4-7-26-50(48)61(52)51-27-8-10-31-55(51)63-54-30-9-5-20-46(54)47-25-14-29-53(61)60(47)63/h1-38H. The highest BCUT2D eigenvalue weighted by molar-refractivity contribution is 6.14. The molecule has 3 nitrogen and oxygen atoms in total. The lowest BCUT2D eigenvalue weighted by Crippen LogP contribution is -2.33. The average molecular weight is 815 g/mol. The van der Waals surface area contributed by atoms with Crippen LogP contribution < -0.4 is 4.90 Å². The molecule has 1 unspecified atom stereocenters. The summed E-state index contributed by atoms with van der Waals surface area (Å²) in [7, 11) is 0. The second kappa shape index (κ2) is 13.3. The number of hydrogen-bond donors (Lipinski definition) is 0. The molecule has 1 aliphatic heterocycles. The zero-order valence-corrected chi connectivity index (χ0v) is 34.7. The zero-order valence-electron chi connectivity index (χ0n) is 34.7. The highest BCUT2D eigenvalue weighted by Gasteiger charge is 2.51. The van der Waals surface area contributed by atoms with Crippen LogP contribution >= 0.6 is 0 Å². The number of benzene rings is 10. The van der Waals surface area contributed by atoms with Crippen LogP contribution in [0.2, 0.25) is 0 Å². The highest BCUT2D eigenvalue weighted by Crippen LogP contribution is 2.62. The third-order valence-corrected chi connectivity index (χ3v) is 14.0. The van der Waals surface area contributed by atoms with E-state index in [9.17, 15) is 0 Å². The van der Waals surface area contributed by atoms with Crippen molar-refractivity contribution in [1.29, 1.82) is 0 Å². The summed E-state index contributed by atoms with van der Waals surface area (Å²) in [5.74, 6) is 0. The minimum Gasteiger partial charge on any atom is -0.456 e. The smallest absolute Gasteiger partial charge is 0.136 e. The van der Waals surface area contributed by atoms with Gasteiger partial charge in [-0.25, -0.2) is 0 Å². The first-order valence-corrected chi connectivity index (χ1v) is 22.1. The summed E-state index contributed by atoms with van der Waals surface area (Å²) in [6.45, 7) is 0. The van der Waals surface area contributed by atoms with Crippen molar-refractivity contribution < 1.29 is 4.42 Å². The Hall–Kier alpha value is -8.40. The SMILES string of the molecule is c1ccc(N(c2ccc(-c3cccc4oc5ccccc5c34)cc2)c2cccc(-c3cccc4c3-c3ccccc3C43c4ccccc4-n4c5ccccc5c5cccc3c54)c2)cc1. The van der Waals surface area contributed by atoms with E-state index >= 15 is 0 Å². The predicted octanol–water partition coefficient (Wildman–Crippen LogP) is 16.2. The van der Waals surface area contributed by atoms with Crippen molar-refractivity contribution >= 4 is 60.8 Å². The van der Waals surface area contributed by atoms with Crippen molar-refractivity contribution in [2.75, 3.05) is 4.90 Å². The largest absolute Gasteiger partial charge is 0.456 e. The van der Waals surface area contributed by atoms with E-state index < -0.39 is 5.41 Å². The average Bonchev–Trinajstić information content (AvgIpc) is 4.01. The van der Waals surface area contributed by atoms with Crippen LogP contribution in [0.15, 0.2) is 235 Å². The number of aromatic nitrogens is 1. The van der Waals surface area contributed by atoms with Crippen LogP contribution in [-0.2, 0) is 5.41 Å². The molecule has 2 aromatic heterocycles. The van der Waals surface area contributed by atoms with Gasteiger partial charge in [0, 0.05) is 38.6 Å². The third kappa shape index (κ3) is 4.70. The van der Waals surface area contributed by atoms with Gasteiger partial charge in [0.1, 0.15) is 11.2 Å². The van der Waals surface area contributed by atoms with Crippen molar-refractivity contribution in [3.05, 3.63) is 253 Å². The van der Waals surface area contributed by atoms with Gasteiger partial charge in [-0.15, -0.1) is 0 Å². The van der Waals surface area contributed by atoms with Crippen molar-refractivity contribution in [1.82, 2.24) is 4.57 Å². The molecule has 1 atom stereocenters. The molecule has 14 rings (SSSR count). The predicted molar refractivity (Wildman–Crippen MR) is 264 cm³/mol. The summed E-state index contributed by atoms with van der Waals surface area (Å²) in [6, 6.07) is 84.5. The number of para-hydroxylation sites is 5. The van der Waals surface area contributed by atoms with E-state index in [-0.39, 0.29) is 0 Å². The van der Waals surface area contributed by atoms with Crippen molar-refractivity contribution in [3.8, 4) is 39.1 Å². The number of anilines is 3. The molecule has 0 N–H and O–H groups in total. The van der Waals surface area contributed by atoms with Gasteiger partial charge < -0.3 is 13.9 Å². The number of fused-ring (bicyclic) bond motifs is 15. The van der Waals surface area contributed by atoms with Crippen LogP contribution in [0.4, 0.5) is 17.1 Å². The maximum Gasteiger partial charge on any atom is 0.136 e. The summed E-state index contributed by atoms with van der Waals surface area (Å²) in [4.78, 5) is 2.37. The normalized spacial score (nSPS) is 14.6. The Morgan fingerprint density at radius 2 is 0.984 bits per heavy atom. The molecule has 12 aromatic rings. The lowest BCUT2D eigenvalue weighted by molar-refractivity contribution is 0.669. The first kappa shape index (κ1) is 35.2. The fourth-order valence-electron chi connectivity index (χ4n) is 11.5. The molecule has 0 bridgehead atoms. The Labute approximate surface area is 370 Å². The molecule has 0 fully saturated rings. The molecule has 3 heterocycles. The van der Waals surface area contributed by atoms with E-state index in [1.807, 2.05) is 12.1 Å². The summed E-state index contributed by atoms with van der Waals surface area (Å²) >= 11 is 0. The molecule has 64 heavy (non-hydrogen) atoms. The third-order valence-electron chi connectivity index (χ3n) is 14.0. The van der Waals surface area contributed by atoms with Gasteiger partial charge in [0.15, 0.2) is 0 Å². The van der Waals surface area contributed by atoms with Gasteiger partial charge >= 0.3 is 0 Å². The van der Waals surface area contributed by atoms with Gasteiger partial charge in [-0.3, -0.25) is 0 Å². The van der Waals surface area contributed by atoms with Crippen LogP contribution in [0.3, 0.4) is 0 Å². The molecule has 0 radical (unpaired) electrons. The second-order valence-corrected chi connectivity index (χ2v) is 17.1. The summed E-state index contributed by atoms with van der Waals surface area (Å²) < 4.78 is 8.78. The maximum absolute atomic E-state index is 6.26. The van der Waals surface area contributed by atoms with Crippen LogP contribution in [0.5, 0.6) is 0 Å². The second-order valence-electron chi connectivity index (χ2n) is 17.1. The van der Waals surface area contributed by atoms with Crippen LogP contribution in [-0.4, -0.2) is 4.57 Å². The number of furan rings is 1. The van der Waals surface area contributed by atoms with E-state index in [4.69, 9.17) is 4.42 Å². The molecule has 1 aliphatic carbocycles. The van der Waals surface area contributed by atoms with Crippen LogP contribution in [0.25, 0.3) is 82.8 Å². The minimum absolute atomic E-state index is 0.509. The van der Waals surface area contributed by atoms with Crippen molar-refractivity contribution in [2.24, 2.45) is 0 Å². The van der Waals surface area contributed by atoms with E-state index in [0.29, 0.717) is 0 Å². The summed E-state index contributed by atoms with van der Waals surface area (Å²) in [5.41, 5.74) is 20.9. The number of rotatable bonds is 5. The molecule has 2 aliphatic rings. The number of hydrogen-bond acceptors (Lipinski definition) is 2. The van der Waals surface area contributed by atoms with Crippen LogP contribution in [0, 0.1) is 0 Å².